The lowest BCUT2D eigenvalue weighted by molar-refractivity contribution is 0.0697. The fourth-order valence-electron chi connectivity index (χ4n) is 3.64. The van der Waals surface area contributed by atoms with E-state index >= 15 is 0 Å². The van der Waals surface area contributed by atoms with Gasteiger partial charge < -0.3 is 4.90 Å². The molecule has 1 aliphatic heterocycles. The van der Waals surface area contributed by atoms with Gasteiger partial charge in [0, 0.05) is 31.7 Å². The molecule has 0 aromatic heterocycles. The molecule has 1 aliphatic rings. The molecule has 0 radical (unpaired) electrons. The number of halogens is 2. The van der Waals surface area contributed by atoms with Crippen LogP contribution in [-0.2, 0) is 10.0 Å². The molecule has 2 aromatic rings. The summed E-state index contributed by atoms with van der Waals surface area (Å²) in [7, 11) is -3.71. The van der Waals surface area contributed by atoms with E-state index in [9.17, 15) is 22.0 Å². The van der Waals surface area contributed by atoms with Gasteiger partial charge in [-0.25, -0.2) is 17.2 Å². The van der Waals surface area contributed by atoms with E-state index in [1.165, 1.54) is 15.3 Å². The van der Waals surface area contributed by atoms with Crippen molar-refractivity contribution in [3.8, 4) is 0 Å². The van der Waals surface area contributed by atoms with Crippen LogP contribution >= 0.6 is 0 Å². The average molecular weight is 422 g/mol. The molecule has 0 unspecified atom stereocenters. The van der Waals surface area contributed by atoms with Crippen LogP contribution in [0.1, 0.15) is 32.6 Å². The topological polar surface area (TPSA) is 57.7 Å². The number of hydrogen-bond donors (Lipinski definition) is 0. The standard InChI is InChI=1S/C21H24F2N2O3S/c1-13-11-14(2)16(4)20(15(13)3)29(27,28)25-9-7-24(8-10-25)21(26)17-5-6-18(22)19(23)12-17/h5-6,11-12H,7-10H2,1-4H3. The summed E-state index contributed by atoms with van der Waals surface area (Å²) in [5, 5.41) is 0. The second-order valence-electron chi connectivity index (χ2n) is 7.41. The van der Waals surface area contributed by atoms with Crippen LogP contribution in [0.25, 0.3) is 0 Å². The van der Waals surface area contributed by atoms with Crippen LogP contribution in [0.5, 0.6) is 0 Å². The third kappa shape index (κ3) is 3.91. The predicted molar refractivity (Wildman–Crippen MR) is 106 cm³/mol. The molecule has 1 fully saturated rings. The van der Waals surface area contributed by atoms with Crippen LogP contribution in [0.3, 0.4) is 0 Å². The van der Waals surface area contributed by atoms with Crippen molar-refractivity contribution in [3.63, 3.8) is 0 Å². The smallest absolute Gasteiger partial charge is 0.254 e. The fourth-order valence-corrected chi connectivity index (χ4v) is 5.64. The molecule has 0 atom stereocenters. The van der Waals surface area contributed by atoms with Crippen molar-refractivity contribution >= 4 is 15.9 Å². The van der Waals surface area contributed by atoms with Crippen molar-refractivity contribution in [3.05, 3.63) is 63.7 Å². The Morgan fingerprint density at radius 1 is 0.862 bits per heavy atom. The van der Waals surface area contributed by atoms with Gasteiger partial charge in [0.15, 0.2) is 11.6 Å². The highest BCUT2D eigenvalue weighted by atomic mass is 32.2. The highest BCUT2D eigenvalue weighted by molar-refractivity contribution is 7.89. The summed E-state index contributed by atoms with van der Waals surface area (Å²) < 4.78 is 54.5. The number of amides is 1. The molecule has 2 aromatic carbocycles. The fraction of sp³-hybridized carbons (Fsp3) is 0.381. The van der Waals surface area contributed by atoms with Gasteiger partial charge >= 0.3 is 0 Å². The zero-order chi connectivity index (χ0) is 21.5. The Kier molecular flexibility index (Phi) is 5.78. The lowest BCUT2D eigenvalue weighted by Crippen LogP contribution is -2.50. The molecule has 1 amide bonds. The molecule has 0 aliphatic carbocycles. The predicted octanol–water partition coefficient (Wildman–Crippen LogP) is 3.35. The SMILES string of the molecule is Cc1cc(C)c(C)c(S(=O)(=O)N2CCN(C(=O)c3ccc(F)c(F)c3)CC2)c1C. The Hall–Kier alpha value is -2.32. The number of nitrogens with zero attached hydrogens (tertiary/aromatic N) is 2. The van der Waals surface area contributed by atoms with Crippen molar-refractivity contribution in [2.75, 3.05) is 26.2 Å². The van der Waals surface area contributed by atoms with E-state index in [-0.39, 0.29) is 31.7 Å². The Morgan fingerprint density at radius 3 is 1.93 bits per heavy atom. The van der Waals surface area contributed by atoms with Crippen LogP contribution < -0.4 is 0 Å². The van der Waals surface area contributed by atoms with Gasteiger partial charge in [-0.15, -0.1) is 0 Å². The summed E-state index contributed by atoms with van der Waals surface area (Å²) >= 11 is 0. The van der Waals surface area contributed by atoms with E-state index in [1.54, 1.807) is 13.8 Å². The Balaban J connectivity index is 1.80. The van der Waals surface area contributed by atoms with Crippen molar-refractivity contribution in [1.82, 2.24) is 9.21 Å². The van der Waals surface area contributed by atoms with E-state index < -0.39 is 27.6 Å². The third-order valence-electron chi connectivity index (χ3n) is 5.59. The molecule has 3 rings (SSSR count). The van der Waals surface area contributed by atoms with Crippen LogP contribution in [-0.4, -0.2) is 49.7 Å². The van der Waals surface area contributed by atoms with Gasteiger partial charge in [-0.1, -0.05) is 6.07 Å². The number of piperazine rings is 1. The molecule has 0 bridgehead atoms. The summed E-state index contributed by atoms with van der Waals surface area (Å²) in [5.41, 5.74) is 3.33. The molecule has 1 heterocycles. The minimum Gasteiger partial charge on any atom is -0.336 e. The number of rotatable bonds is 3. The normalized spacial score (nSPS) is 15.6. The van der Waals surface area contributed by atoms with E-state index in [1.807, 2.05) is 19.9 Å². The lowest BCUT2D eigenvalue weighted by atomic mass is 10.0. The van der Waals surface area contributed by atoms with E-state index in [2.05, 4.69) is 0 Å². The molecule has 0 spiro atoms. The monoisotopic (exact) mass is 422 g/mol. The lowest BCUT2D eigenvalue weighted by Gasteiger charge is -2.34. The second-order valence-corrected chi connectivity index (χ2v) is 9.29. The minimum atomic E-state index is -3.71. The number of hydrogen-bond acceptors (Lipinski definition) is 3. The van der Waals surface area contributed by atoms with E-state index in [0.717, 1.165) is 34.4 Å². The van der Waals surface area contributed by atoms with Gasteiger partial charge in [0.1, 0.15) is 0 Å². The summed E-state index contributed by atoms with van der Waals surface area (Å²) in [4.78, 5) is 14.3. The van der Waals surface area contributed by atoms with Gasteiger partial charge in [0.2, 0.25) is 10.0 Å². The van der Waals surface area contributed by atoms with Crippen molar-refractivity contribution < 1.29 is 22.0 Å². The first kappa shape index (κ1) is 21.4. The molecule has 156 valence electrons. The highest BCUT2D eigenvalue weighted by Crippen LogP contribution is 2.29. The van der Waals surface area contributed by atoms with Gasteiger partial charge in [0.05, 0.1) is 4.90 Å². The minimum absolute atomic E-state index is 0.0428. The Labute approximate surface area is 170 Å². The molecule has 0 N–H and O–H groups in total. The maximum Gasteiger partial charge on any atom is 0.254 e. The maximum atomic E-state index is 13.4. The highest BCUT2D eigenvalue weighted by Gasteiger charge is 2.33. The second kappa shape index (κ2) is 7.84. The van der Waals surface area contributed by atoms with Gasteiger partial charge in [0.25, 0.3) is 5.91 Å². The zero-order valence-electron chi connectivity index (χ0n) is 16.9. The van der Waals surface area contributed by atoms with Crippen molar-refractivity contribution in [2.24, 2.45) is 0 Å². The van der Waals surface area contributed by atoms with Crippen LogP contribution in [0.4, 0.5) is 8.78 Å². The first-order valence-corrected chi connectivity index (χ1v) is 10.8. The van der Waals surface area contributed by atoms with E-state index in [4.69, 9.17) is 0 Å². The summed E-state index contributed by atoms with van der Waals surface area (Å²) in [5.74, 6) is -2.55. The number of benzene rings is 2. The first-order chi connectivity index (χ1) is 13.5. The number of carbonyl (C=O) groups is 1. The third-order valence-corrected chi connectivity index (χ3v) is 7.76. The van der Waals surface area contributed by atoms with Gasteiger partial charge in [-0.3, -0.25) is 4.79 Å². The molecule has 5 nitrogen and oxygen atoms in total. The molecule has 0 saturated carbocycles. The average Bonchev–Trinajstić information content (AvgIpc) is 2.68. The number of carbonyl (C=O) groups excluding carboxylic acids is 1. The summed E-state index contributed by atoms with van der Waals surface area (Å²) in [6.45, 7) is 8.03. The maximum absolute atomic E-state index is 13.4. The Morgan fingerprint density at radius 2 is 1.41 bits per heavy atom. The van der Waals surface area contributed by atoms with Crippen molar-refractivity contribution in [1.29, 1.82) is 0 Å². The molecule has 1 saturated heterocycles. The summed E-state index contributed by atoms with van der Waals surface area (Å²) in [6.07, 6.45) is 0. The first-order valence-electron chi connectivity index (χ1n) is 9.36. The number of aryl methyl sites for hydroxylation is 2. The quantitative estimate of drug-likeness (QED) is 0.762. The van der Waals surface area contributed by atoms with Crippen molar-refractivity contribution in [2.45, 2.75) is 32.6 Å². The van der Waals surface area contributed by atoms with Gasteiger partial charge in [-0.2, -0.15) is 4.31 Å². The largest absolute Gasteiger partial charge is 0.336 e. The van der Waals surface area contributed by atoms with Crippen LogP contribution in [0, 0.1) is 39.3 Å². The zero-order valence-corrected chi connectivity index (χ0v) is 17.7. The molecule has 29 heavy (non-hydrogen) atoms. The molecular weight excluding hydrogens is 398 g/mol. The van der Waals surface area contributed by atoms with Crippen LogP contribution in [0.15, 0.2) is 29.2 Å². The summed E-state index contributed by atoms with van der Waals surface area (Å²) in [6, 6.07) is 4.98. The van der Waals surface area contributed by atoms with Crippen LogP contribution in [0.2, 0.25) is 0 Å². The molecular formula is C21H24F2N2O3S. The number of sulfonamides is 1. The van der Waals surface area contributed by atoms with Gasteiger partial charge in [-0.05, 0) is 68.1 Å². The van der Waals surface area contributed by atoms with E-state index in [0.29, 0.717) is 4.90 Å². The molecule has 8 heteroatoms. The Bertz CT molecular complexity index is 1050.